The van der Waals surface area contributed by atoms with Gasteiger partial charge in [0.15, 0.2) is 0 Å². The highest BCUT2D eigenvalue weighted by molar-refractivity contribution is 6.85. The van der Waals surface area contributed by atoms with E-state index in [1.54, 1.807) is 0 Å². The van der Waals surface area contributed by atoms with Crippen molar-refractivity contribution < 1.29 is 24.6 Å². The predicted molar refractivity (Wildman–Crippen MR) is 182 cm³/mol. The van der Waals surface area contributed by atoms with Gasteiger partial charge in [-0.1, -0.05) is 136 Å². The van der Waals surface area contributed by atoms with E-state index in [4.69, 9.17) is 10.2 Å². The highest BCUT2D eigenvalue weighted by atomic mass is 28.4. The fraction of sp³-hybridized carbons (Fsp3) is 0.588. The summed E-state index contributed by atoms with van der Waals surface area (Å²) >= 11 is 0. The SMILES string of the molecule is C.C.CC(C)C[SiH](CC(C)C)c1ccc(CC(=O)O)cc1.CC(C)C[Si](O)(CC(C)C)c1ccc(CC(=O)O)cc1. The van der Waals surface area contributed by atoms with E-state index in [9.17, 15) is 14.4 Å². The summed E-state index contributed by atoms with van der Waals surface area (Å²) in [5.74, 6) is 0.831. The second kappa shape index (κ2) is 19.8. The monoisotopic (exact) mass is 604 g/mol. The van der Waals surface area contributed by atoms with E-state index in [1.165, 1.54) is 17.3 Å². The van der Waals surface area contributed by atoms with Crippen molar-refractivity contribution in [1.29, 1.82) is 0 Å². The van der Waals surface area contributed by atoms with E-state index in [2.05, 4.69) is 67.5 Å². The number of carbonyl (C=O) groups is 2. The minimum absolute atomic E-state index is 0. The fourth-order valence-electron chi connectivity index (χ4n) is 5.37. The Hall–Kier alpha value is -2.23. The number of benzene rings is 2. The molecule has 0 fully saturated rings. The molecule has 0 spiro atoms. The molecule has 2 rings (SSSR count). The fourth-order valence-corrected chi connectivity index (χ4v) is 13.2. The summed E-state index contributed by atoms with van der Waals surface area (Å²) < 4.78 is 0. The first-order valence-corrected chi connectivity index (χ1v) is 19.0. The lowest BCUT2D eigenvalue weighted by Gasteiger charge is -2.29. The van der Waals surface area contributed by atoms with Crippen LogP contribution in [0.2, 0.25) is 24.2 Å². The molecule has 234 valence electrons. The van der Waals surface area contributed by atoms with Gasteiger partial charge in [0.05, 0.1) is 21.6 Å². The predicted octanol–water partition coefficient (Wildman–Crippen LogP) is 7.10. The van der Waals surface area contributed by atoms with Crippen molar-refractivity contribution in [3.63, 3.8) is 0 Å². The lowest BCUT2D eigenvalue weighted by Crippen LogP contribution is -2.49. The van der Waals surface area contributed by atoms with Gasteiger partial charge in [0.2, 0.25) is 8.32 Å². The zero-order valence-electron chi connectivity index (χ0n) is 25.4. The maximum Gasteiger partial charge on any atom is 0.307 e. The number of carboxylic acids is 2. The smallest absolute Gasteiger partial charge is 0.307 e. The maximum atomic E-state index is 11.1. The molecule has 0 radical (unpaired) electrons. The lowest BCUT2D eigenvalue weighted by atomic mass is 10.2. The lowest BCUT2D eigenvalue weighted by molar-refractivity contribution is -0.137. The van der Waals surface area contributed by atoms with E-state index in [-0.39, 0.29) is 27.7 Å². The summed E-state index contributed by atoms with van der Waals surface area (Å²) in [5.41, 5.74) is 1.68. The maximum absolute atomic E-state index is 11.1. The molecule has 0 saturated carbocycles. The third kappa shape index (κ3) is 16.7. The van der Waals surface area contributed by atoms with Crippen LogP contribution < -0.4 is 10.4 Å². The molecule has 0 aliphatic carbocycles. The molecule has 2 aromatic carbocycles. The minimum Gasteiger partial charge on any atom is -0.481 e. The van der Waals surface area contributed by atoms with Crippen molar-refractivity contribution in [1.82, 2.24) is 0 Å². The van der Waals surface area contributed by atoms with E-state index in [1.807, 2.05) is 36.4 Å². The largest absolute Gasteiger partial charge is 0.481 e. The van der Waals surface area contributed by atoms with Crippen LogP contribution in [-0.4, -0.2) is 44.1 Å². The van der Waals surface area contributed by atoms with Crippen LogP contribution in [0.4, 0.5) is 0 Å². The van der Waals surface area contributed by atoms with Crippen molar-refractivity contribution in [3.05, 3.63) is 59.7 Å². The average Bonchev–Trinajstić information content (AvgIpc) is 2.77. The molecule has 3 N–H and O–H groups in total. The van der Waals surface area contributed by atoms with Crippen LogP contribution in [0, 0.1) is 23.7 Å². The molecule has 0 heterocycles. The summed E-state index contributed by atoms with van der Waals surface area (Å²) in [6.07, 6.45) is 0.162. The molecule has 5 nitrogen and oxygen atoms in total. The number of hydrogen-bond acceptors (Lipinski definition) is 3. The average molecular weight is 605 g/mol. The Balaban J connectivity index is 0. The van der Waals surface area contributed by atoms with Crippen molar-refractivity contribution in [3.8, 4) is 0 Å². The van der Waals surface area contributed by atoms with Crippen LogP contribution in [-0.2, 0) is 22.4 Å². The summed E-state index contributed by atoms with van der Waals surface area (Å²) in [7, 11) is -3.37. The molecule has 0 aliphatic rings. The molecule has 0 atom stereocenters. The zero-order valence-corrected chi connectivity index (χ0v) is 27.6. The molecule has 0 aromatic heterocycles. The van der Waals surface area contributed by atoms with Gasteiger partial charge in [0, 0.05) is 0 Å². The molecular weight excluding hydrogens is 545 g/mol. The Morgan fingerprint density at radius 3 is 1.27 bits per heavy atom. The van der Waals surface area contributed by atoms with Gasteiger partial charge in [-0.15, -0.1) is 0 Å². The Labute approximate surface area is 254 Å². The van der Waals surface area contributed by atoms with Gasteiger partial charge in [-0.2, -0.15) is 0 Å². The topological polar surface area (TPSA) is 94.8 Å². The number of carboxylic acid groups (broad SMARTS) is 2. The quantitative estimate of drug-likeness (QED) is 0.200. The Morgan fingerprint density at radius 1 is 0.634 bits per heavy atom. The molecule has 7 heteroatoms. The van der Waals surface area contributed by atoms with Gasteiger partial charge >= 0.3 is 11.9 Å². The van der Waals surface area contributed by atoms with Crippen molar-refractivity contribution in [2.75, 3.05) is 0 Å². The Morgan fingerprint density at radius 2 is 0.976 bits per heavy atom. The standard InChI is InChI=1S/C16H26O3Si.C16H26O2Si.2CH4/c1-12(2)10-20(19,11-13(3)4)15-7-5-14(6-8-15)9-16(17)18;1-12(2)10-19(11-13(3)4)15-7-5-14(6-8-15)9-16(17)18;;/h5-8,12-13,19H,9-11H2,1-4H3,(H,17,18);5-8,12-13,19H,9-11H2,1-4H3,(H,17,18);2*1H4. The second-order valence-electron chi connectivity index (χ2n) is 12.8. The Bertz CT molecular complexity index is 979. The van der Waals surface area contributed by atoms with Crippen LogP contribution in [0.1, 0.15) is 81.4 Å². The first-order chi connectivity index (χ1) is 18.1. The summed E-state index contributed by atoms with van der Waals surface area (Å²) in [6.45, 7) is 17.7. The van der Waals surface area contributed by atoms with Crippen LogP contribution in [0.3, 0.4) is 0 Å². The van der Waals surface area contributed by atoms with Gasteiger partial charge in [0.1, 0.15) is 0 Å². The van der Waals surface area contributed by atoms with Gasteiger partial charge < -0.3 is 15.0 Å². The van der Waals surface area contributed by atoms with Crippen LogP contribution >= 0.6 is 0 Å². The van der Waals surface area contributed by atoms with Crippen molar-refractivity contribution in [2.45, 2.75) is 107 Å². The van der Waals surface area contributed by atoms with E-state index in [0.29, 0.717) is 11.8 Å². The molecule has 41 heavy (non-hydrogen) atoms. The molecule has 0 aliphatic heterocycles. The highest BCUT2D eigenvalue weighted by Gasteiger charge is 2.34. The van der Waals surface area contributed by atoms with Crippen molar-refractivity contribution in [2.24, 2.45) is 23.7 Å². The molecular formula is C34H60O5Si2. The van der Waals surface area contributed by atoms with Gasteiger partial charge in [-0.05, 0) is 52.1 Å². The molecule has 0 saturated heterocycles. The highest BCUT2D eigenvalue weighted by Crippen LogP contribution is 2.23. The normalized spacial score (nSPS) is 11.3. The third-order valence-corrected chi connectivity index (χ3v) is 15.4. The van der Waals surface area contributed by atoms with E-state index < -0.39 is 29.1 Å². The third-order valence-electron chi connectivity index (χ3n) is 6.66. The van der Waals surface area contributed by atoms with Crippen LogP contribution in [0.5, 0.6) is 0 Å². The first kappa shape index (κ1) is 40.9. The molecule has 0 unspecified atom stereocenters. The number of hydrogen-bond donors (Lipinski definition) is 3. The minimum atomic E-state index is -2.46. The molecule has 2 aromatic rings. The first-order valence-electron chi connectivity index (χ1n) is 14.5. The zero-order chi connectivity index (χ0) is 29.8. The van der Waals surface area contributed by atoms with Gasteiger partial charge in [-0.25, -0.2) is 0 Å². The van der Waals surface area contributed by atoms with Gasteiger partial charge in [-0.3, -0.25) is 9.59 Å². The summed E-state index contributed by atoms with van der Waals surface area (Å²) in [4.78, 5) is 32.5. The van der Waals surface area contributed by atoms with Crippen LogP contribution in [0.25, 0.3) is 0 Å². The van der Waals surface area contributed by atoms with Gasteiger partial charge in [0.25, 0.3) is 0 Å². The van der Waals surface area contributed by atoms with E-state index >= 15 is 0 Å². The Kier molecular flexibility index (Phi) is 19.8. The van der Waals surface area contributed by atoms with Crippen molar-refractivity contribution >= 4 is 39.4 Å². The molecule has 0 amide bonds. The molecule has 0 bridgehead atoms. The number of rotatable bonds is 14. The second-order valence-corrected chi connectivity index (χ2v) is 19.2. The van der Waals surface area contributed by atoms with E-state index in [0.717, 1.165) is 40.2 Å². The number of aliphatic carboxylic acids is 2. The van der Waals surface area contributed by atoms with Crippen LogP contribution in [0.15, 0.2) is 48.5 Å². The summed E-state index contributed by atoms with van der Waals surface area (Å²) in [5, 5.41) is 20.1. The summed E-state index contributed by atoms with van der Waals surface area (Å²) in [6, 6.07) is 20.2.